The van der Waals surface area contributed by atoms with Gasteiger partial charge < -0.3 is 39.0 Å². The quantitative estimate of drug-likeness (QED) is 0.0228. The number of aliphatic hydroxyl groups excluding tert-OH is 2. The Morgan fingerprint density at radius 2 is 0.741 bits per heavy atom. The molecule has 0 bridgehead atoms. The van der Waals surface area contributed by atoms with E-state index in [4.69, 9.17) is 23.7 Å². The molecule has 1 aliphatic heterocycles. The van der Waals surface area contributed by atoms with Gasteiger partial charge in [0, 0.05) is 19.3 Å². The molecule has 1 heterocycles. The number of carboxylic acids is 1. The minimum atomic E-state index is -1.91. The van der Waals surface area contributed by atoms with Crippen LogP contribution in [0.25, 0.3) is 0 Å². The van der Waals surface area contributed by atoms with Gasteiger partial charge in [-0.3, -0.25) is 14.4 Å². The minimum Gasteiger partial charge on any atom is -0.479 e. The van der Waals surface area contributed by atoms with Crippen molar-refractivity contribution < 1.29 is 58.2 Å². The maximum atomic E-state index is 13.2. The van der Waals surface area contributed by atoms with Crippen LogP contribution in [0.4, 0.5) is 0 Å². The van der Waals surface area contributed by atoms with Crippen molar-refractivity contribution in [2.45, 2.75) is 353 Å². The number of allylic oxidation sites excluding steroid dienone is 8. The smallest absolute Gasteiger partial charge is 0.335 e. The molecule has 12 heteroatoms. The number of hydrogen-bond acceptors (Lipinski definition) is 11. The number of aliphatic hydroxyl groups is 2. The molecule has 6 unspecified atom stereocenters. The van der Waals surface area contributed by atoms with E-state index >= 15 is 0 Å². The molecule has 1 rings (SSSR count). The van der Waals surface area contributed by atoms with Crippen molar-refractivity contribution in [2.75, 3.05) is 13.2 Å². The first-order valence-corrected chi connectivity index (χ1v) is 33.6. The standard InChI is InChI=1S/C69H122O12/c1-4-7-10-13-16-19-22-25-28-30-31-33-35-37-40-43-46-49-52-55-61(70)77-58-60(79-62(71)56-53-50-47-44-41-38-34-27-24-21-18-15-12-9-6-3)59-78-69-67(65(74)64(73)66(81-69)68(75)76)80-63(72)57-54-51-48-45-42-39-36-32-29-26-23-20-17-14-11-8-5-2/h17,20,25-29,34,60,64-67,69,73-74H,4-16,18-19,21-24,30-33,35-59H2,1-3H3,(H,75,76)/b20-17-,28-25-,29-26-,34-27-. The van der Waals surface area contributed by atoms with Crippen LogP contribution in [0, 0.1) is 0 Å². The molecule has 1 aliphatic rings. The van der Waals surface area contributed by atoms with Gasteiger partial charge in [0.2, 0.25) is 0 Å². The first-order valence-electron chi connectivity index (χ1n) is 33.6. The molecule has 1 fully saturated rings. The van der Waals surface area contributed by atoms with Gasteiger partial charge >= 0.3 is 23.9 Å². The molecule has 3 N–H and O–H groups in total. The topological polar surface area (TPSA) is 175 Å². The van der Waals surface area contributed by atoms with Crippen LogP contribution in [-0.4, -0.2) is 89.2 Å². The maximum Gasteiger partial charge on any atom is 0.335 e. The Bertz CT molecular complexity index is 1590. The van der Waals surface area contributed by atoms with Gasteiger partial charge in [-0.25, -0.2) is 4.79 Å². The second-order valence-electron chi connectivity index (χ2n) is 23.1. The number of aliphatic carboxylic acids is 1. The molecule has 6 atom stereocenters. The summed E-state index contributed by atoms with van der Waals surface area (Å²) in [5, 5.41) is 31.6. The molecule has 0 radical (unpaired) electrons. The van der Waals surface area contributed by atoms with Crippen molar-refractivity contribution in [2.24, 2.45) is 0 Å². The number of esters is 3. The van der Waals surface area contributed by atoms with Crippen molar-refractivity contribution in [1.82, 2.24) is 0 Å². The molecule has 12 nitrogen and oxygen atoms in total. The van der Waals surface area contributed by atoms with Gasteiger partial charge in [0.25, 0.3) is 0 Å². The van der Waals surface area contributed by atoms with Crippen LogP contribution in [0.1, 0.15) is 316 Å². The molecule has 81 heavy (non-hydrogen) atoms. The minimum absolute atomic E-state index is 0.0520. The fourth-order valence-electron chi connectivity index (χ4n) is 10.2. The highest BCUT2D eigenvalue weighted by molar-refractivity contribution is 5.74. The summed E-state index contributed by atoms with van der Waals surface area (Å²) in [7, 11) is 0. The Kier molecular flexibility index (Phi) is 53.4. The molecule has 0 spiro atoms. The van der Waals surface area contributed by atoms with Crippen LogP contribution < -0.4 is 0 Å². The normalized spacial score (nSPS) is 18.0. The third-order valence-corrected chi connectivity index (χ3v) is 15.3. The van der Waals surface area contributed by atoms with Gasteiger partial charge in [0.15, 0.2) is 24.6 Å². The molecule has 0 aromatic heterocycles. The van der Waals surface area contributed by atoms with Crippen LogP contribution in [0.2, 0.25) is 0 Å². The van der Waals surface area contributed by atoms with Crippen molar-refractivity contribution in [3.05, 3.63) is 48.6 Å². The zero-order valence-corrected chi connectivity index (χ0v) is 52.0. The fourth-order valence-corrected chi connectivity index (χ4v) is 10.2. The van der Waals surface area contributed by atoms with E-state index in [1.807, 2.05) is 0 Å². The SMILES string of the molecule is CCCCC/C=C\C/C=C\CCCCCCCCCC(=O)OC1C(OCC(COC(=O)CCCCCCCCCCC/C=C\CCCCCCCC)OC(=O)CCCCCCC/C=C\CCCCCCCC)OC(C(=O)O)C(O)C1O. The van der Waals surface area contributed by atoms with E-state index in [9.17, 15) is 34.5 Å². The van der Waals surface area contributed by atoms with Crippen LogP contribution in [0.3, 0.4) is 0 Å². The van der Waals surface area contributed by atoms with Gasteiger partial charge in [-0.15, -0.1) is 0 Å². The van der Waals surface area contributed by atoms with E-state index in [1.54, 1.807) is 0 Å². The lowest BCUT2D eigenvalue weighted by atomic mass is 9.98. The van der Waals surface area contributed by atoms with Crippen LogP contribution >= 0.6 is 0 Å². The number of carboxylic acid groups (broad SMARTS) is 1. The number of ether oxygens (including phenoxy) is 5. The van der Waals surface area contributed by atoms with E-state index in [1.165, 1.54) is 141 Å². The number of hydrogen-bond donors (Lipinski definition) is 3. The zero-order chi connectivity index (χ0) is 58.9. The first kappa shape index (κ1) is 75.7. The predicted octanol–water partition coefficient (Wildman–Crippen LogP) is 18.1. The summed E-state index contributed by atoms with van der Waals surface area (Å²) in [5.41, 5.74) is 0. The summed E-state index contributed by atoms with van der Waals surface area (Å²) >= 11 is 0. The van der Waals surface area contributed by atoms with E-state index < -0.39 is 67.3 Å². The first-order chi connectivity index (χ1) is 39.6. The van der Waals surface area contributed by atoms with Crippen molar-refractivity contribution in [3.63, 3.8) is 0 Å². The van der Waals surface area contributed by atoms with Crippen LogP contribution in [-0.2, 0) is 42.9 Å². The number of carbonyl (C=O) groups excluding carboxylic acids is 3. The lowest BCUT2D eigenvalue weighted by Crippen LogP contribution is -2.61. The molecule has 1 saturated heterocycles. The summed E-state index contributed by atoms with van der Waals surface area (Å²) in [6, 6.07) is 0. The number of unbranched alkanes of at least 4 members (excludes halogenated alkanes) is 36. The highest BCUT2D eigenvalue weighted by atomic mass is 16.7. The van der Waals surface area contributed by atoms with E-state index in [2.05, 4.69) is 69.4 Å². The third-order valence-electron chi connectivity index (χ3n) is 15.3. The van der Waals surface area contributed by atoms with Crippen molar-refractivity contribution in [3.8, 4) is 0 Å². The van der Waals surface area contributed by atoms with Crippen molar-refractivity contribution >= 4 is 23.9 Å². The molecule has 0 saturated carbocycles. The van der Waals surface area contributed by atoms with Gasteiger partial charge in [-0.1, -0.05) is 243 Å². The number of rotatable bonds is 58. The molecule has 0 aromatic carbocycles. The van der Waals surface area contributed by atoms with Gasteiger partial charge in [-0.2, -0.15) is 0 Å². The predicted molar refractivity (Wildman–Crippen MR) is 331 cm³/mol. The summed E-state index contributed by atoms with van der Waals surface area (Å²) < 4.78 is 28.6. The summed E-state index contributed by atoms with van der Waals surface area (Å²) in [6.45, 7) is 5.99. The second-order valence-corrected chi connectivity index (χ2v) is 23.1. The molecule has 470 valence electrons. The Balaban J connectivity index is 2.64. The lowest BCUT2D eigenvalue weighted by Gasteiger charge is -2.40. The monoisotopic (exact) mass is 1140 g/mol. The maximum absolute atomic E-state index is 13.2. The largest absolute Gasteiger partial charge is 0.479 e. The second kappa shape index (κ2) is 57.1. The lowest BCUT2D eigenvalue weighted by molar-refractivity contribution is -0.301. The van der Waals surface area contributed by atoms with E-state index in [0.717, 1.165) is 116 Å². The highest BCUT2D eigenvalue weighted by Crippen LogP contribution is 2.27. The highest BCUT2D eigenvalue weighted by Gasteiger charge is 2.50. The van der Waals surface area contributed by atoms with Gasteiger partial charge in [0.05, 0.1) is 6.61 Å². The summed E-state index contributed by atoms with van der Waals surface area (Å²) in [5.74, 6) is -3.12. The van der Waals surface area contributed by atoms with Crippen LogP contribution in [0.5, 0.6) is 0 Å². The Morgan fingerprint density at radius 1 is 0.407 bits per heavy atom. The van der Waals surface area contributed by atoms with Crippen molar-refractivity contribution in [1.29, 1.82) is 0 Å². The van der Waals surface area contributed by atoms with Crippen LogP contribution in [0.15, 0.2) is 48.6 Å². The number of carbonyl (C=O) groups is 4. The summed E-state index contributed by atoms with van der Waals surface area (Å²) in [4.78, 5) is 51.4. The fraction of sp³-hybridized carbons (Fsp3) is 0.826. The van der Waals surface area contributed by atoms with E-state index in [-0.39, 0.29) is 25.9 Å². The zero-order valence-electron chi connectivity index (χ0n) is 52.0. The third kappa shape index (κ3) is 46.7. The Morgan fingerprint density at radius 3 is 1.15 bits per heavy atom. The van der Waals surface area contributed by atoms with Gasteiger partial charge in [-0.05, 0) is 103 Å². The van der Waals surface area contributed by atoms with E-state index in [0.29, 0.717) is 19.3 Å². The molecular formula is C69H122O12. The molecule has 0 aromatic rings. The summed E-state index contributed by atoms with van der Waals surface area (Å²) in [6.07, 6.45) is 57.8. The molecule has 0 aliphatic carbocycles. The Hall–Kier alpha value is -3.32. The van der Waals surface area contributed by atoms with Gasteiger partial charge in [0.1, 0.15) is 18.8 Å². The average molecular weight is 1140 g/mol. The average Bonchev–Trinajstić information content (AvgIpc) is 3.53. The molecular weight excluding hydrogens is 1020 g/mol. The molecule has 0 amide bonds. The Labute approximate surface area is 494 Å².